The first-order valence-electron chi connectivity index (χ1n) is 4.47. The molecule has 0 N–H and O–H groups in total. The Morgan fingerprint density at radius 2 is 2.36 bits per heavy atom. The van der Waals surface area contributed by atoms with Crippen molar-refractivity contribution in [3.63, 3.8) is 0 Å². The third-order valence-corrected chi connectivity index (χ3v) is 2.38. The molecule has 1 fully saturated rings. The molecule has 0 atom stereocenters. The van der Waals surface area contributed by atoms with E-state index in [2.05, 4.69) is 9.88 Å². The van der Waals surface area contributed by atoms with E-state index >= 15 is 0 Å². The SMILES string of the molecule is COC1CN(c2ccc(C#N)cn2)C1. The Morgan fingerprint density at radius 3 is 2.86 bits per heavy atom. The predicted molar refractivity (Wildman–Crippen MR) is 52.0 cm³/mol. The van der Waals surface area contributed by atoms with Crippen LogP contribution in [0.5, 0.6) is 0 Å². The highest BCUT2D eigenvalue weighted by Crippen LogP contribution is 2.19. The van der Waals surface area contributed by atoms with Crippen LogP contribution in [-0.2, 0) is 4.74 Å². The minimum absolute atomic E-state index is 0.326. The van der Waals surface area contributed by atoms with Crippen LogP contribution in [0.2, 0.25) is 0 Å². The van der Waals surface area contributed by atoms with Gasteiger partial charge in [0.15, 0.2) is 0 Å². The molecular weight excluding hydrogens is 178 g/mol. The maximum Gasteiger partial charge on any atom is 0.128 e. The number of hydrogen-bond acceptors (Lipinski definition) is 4. The van der Waals surface area contributed by atoms with Gasteiger partial charge in [-0.15, -0.1) is 0 Å². The summed E-state index contributed by atoms with van der Waals surface area (Å²) in [5.74, 6) is 0.914. The number of ether oxygens (including phenoxy) is 1. The second-order valence-corrected chi connectivity index (χ2v) is 3.28. The molecule has 0 unspecified atom stereocenters. The zero-order chi connectivity index (χ0) is 9.97. The quantitative estimate of drug-likeness (QED) is 0.690. The molecule has 0 aromatic carbocycles. The van der Waals surface area contributed by atoms with Crippen LogP contribution in [0, 0.1) is 11.3 Å². The van der Waals surface area contributed by atoms with Gasteiger partial charge in [-0.05, 0) is 12.1 Å². The van der Waals surface area contributed by atoms with Gasteiger partial charge in [-0.3, -0.25) is 0 Å². The number of aromatic nitrogens is 1. The number of pyridine rings is 1. The van der Waals surface area contributed by atoms with E-state index in [0.29, 0.717) is 11.7 Å². The highest BCUT2D eigenvalue weighted by Gasteiger charge is 2.27. The van der Waals surface area contributed by atoms with E-state index in [4.69, 9.17) is 10.00 Å². The summed E-state index contributed by atoms with van der Waals surface area (Å²) in [6, 6.07) is 5.69. The summed E-state index contributed by atoms with van der Waals surface area (Å²) in [6.07, 6.45) is 1.92. The normalized spacial score (nSPS) is 16.1. The minimum atomic E-state index is 0.326. The Kier molecular flexibility index (Phi) is 2.33. The first kappa shape index (κ1) is 8.97. The third kappa shape index (κ3) is 1.54. The summed E-state index contributed by atoms with van der Waals surface area (Å²) in [7, 11) is 1.72. The second kappa shape index (κ2) is 3.64. The van der Waals surface area contributed by atoms with Gasteiger partial charge >= 0.3 is 0 Å². The summed E-state index contributed by atoms with van der Waals surface area (Å²) >= 11 is 0. The molecule has 72 valence electrons. The Hall–Kier alpha value is -1.60. The molecule has 4 nitrogen and oxygen atoms in total. The molecule has 0 bridgehead atoms. The maximum atomic E-state index is 8.59. The highest BCUT2D eigenvalue weighted by atomic mass is 16.5. The fraction of sp³-hybridized carbons (Fsp3) is 0.400. The molecule has 1 saturated heterocycles. The molecule has 14 heavy (non-hydrogen) atoms. The van der Waals surface area contributed by atoms with Gasteiger partial charge in [-0.25, -0.2) is 4.98 Å². The summed E-state index contributed by atoms with van der Waals surface area (Å²) in [6.45, 7) is 1.77. The molecule has 0 amide bonds. The highest BCUT2D eigenvalue weighted by molar-refractivity contribution is 5.44. The Labute approximate surface area is 82.7 Å². The lowest BCUT2D eigenvalue weighted by molar-refractivity contribution is 0.0783. The summed E-state index contributed by atoms with van der Waals surface area (Å²) in [5, 5.41) is 8.59. The molecule has 4 heteroatoms. The van der Waals surface area contributed by atoms with Gasteiger partial charge in [-0.2, -0.15) is 5.26 Å². The van der Waals surface area contributed by atoms with Crippen LogP contribution in [0.1, 0.15) is 5.56 Å². The molecule has 0 aliphatic carbocycles. The second-order valence-electron chi connectivity index (χ2n) is 3.28. The van der Waals surface area contributed by atoms with Crippen molar-refractivity contribution in [1.29, 1.82) is 5.26 Å². The molecule has 0 saturated carbocycles. The van der Waals surface area contributed by atoms with Gasteiger partial charge in [0.25, 0.3) is 0 Å². The topological polar surface area (TPSA) is 49.1 Å². The van der Waals surface area contributed by atoms with Crippen molar-refractivity contribution >= 4 is 5.82 Å². The van der Waals surface area contributed by atoms with E-state index in [1.54, 1.807) is 19.4 Å². The lowest BCUT2D eigenvalue weighted by atomic mass is 10.1. The Morgan fingerprint density at radius 1 is 1.57 bits per heavy atom. The molecular formula is C10H11N3O. The number of hydrogen-bond donors (Lipinski definition) is 0. The number of anilines is 1. The van der Waals surface area contributed by atoms with Crippen LogP contribution in [0.15, 0.2) is 18.3 Å². The molecule has 2 heterocycles. The standard InChI is InChI=1S/C10H11N3O/c1-14-9-6-13(7-9)10-3-2-8(4-11)5-12-10/h2-3,5,9H,6-7H2,1H3. The fourth-order valence-corrected chi connectivity index (χ4v) is 1.41. The van der Waals surface area contributed by atoms with Crippen LogP contribution < -0.4 is 4.90 Å². The van der Waals surface area contributed by atoms with Crippen molar-refractivity contribution in [2.45, 2.75) is 6.10 Å². The first-order chi connectivity index (χ1) is 6.83. The van der Waals surface area contributed by atoms with Crippen LogP contribution in [0.4, 0.5) is 5.82 Å². The van der Waals surface area contributed by atoms with Gasteiger partial charge < -0.3 is 9.64 Å². The molecule has 1 aliphatic rings. The monoisotopic (exact) mass is 189 g/mol. The van der Waals surface area contributed by atoms with E-state index in [1.807, 2.05) is 12.1 Å². The Bertz CT molecular complexity index is 349. The Balaban J connectivity index is 2.02. The lowest BCUT2D eigenvalue weighted by Crippen LogP contribution is -2.52. The smallest absolute Gasteiger partial charge is 0.128 e. The summed E-state index contributed by atoms with van der Waals surface area (Å²) in [4.78, 5) is 6.31. The van der Waals surface area contributed by atoms with Gasteiger partial charge in [0.2, 0.25) is 0 Å². The third-order valence-electron chi connectivity index (χ3n) is 2.38. The fourth-order valence-electron chi connectivity index (χ4n) is 1.41. The molecule has 0 spiro atoms. The van der Waals surface area contributed by atoms with E-state index in [1.165, 1.54) is 0 Å². The van der Waals surface area contributed by atoms with Gasteiger partial charge in [-0.1, -0.05) is 0 Å². The molecule has 0 radical (unpaired) electrons. The number of nitrogens with zero attached hydrogens (tertiary/aromatic N) is 3. The summed E-state index contributed by atoms with van der Waals surface area (Å²) in [5.41, 5.74) is 0.595. The van der Waals surface area contributed by atoms with E-state index < -0.39 is 0 Å². The van der Waals surface area contributed by atoms with Crippen molar-refractivity contribution in [1.82, 2.24) is 4.98 Å². The van der Waals surface area contributed by atoms with Crippen molar-refractivity contribution < 1.29 is 4.74 Å². The maximum absolute atomic E-state index is 8.59. The average Bonchev–Trinajstić information content (AvgIpc) is 2.17. The van der Waals surface area contributed by atoms with Crippen molar-refractivity contribution in [2.24, 2.45) is 0 Å². The number of rotatable bonds is 2. The van der Waals surface area contributed by atoms with Crippen molar-refractivity contribution in [3.05, 3.63) is 23.9 Å². The van der Waals surface area contributed by atoms with E-state index in [0.717, 1.165) is 18.9 Å². The molecule has 1 aromatic heterocycles. The van der Waals surface area contributed by atoms with Crippen LogP contribution in [0.3, 0.4) is 0 Å². The predicted octanol–water partition coefficient (Wildman–Crippen LogP) is 0.788. The molecule has 2 rings (SSSR count). The van der Waals surface area contributed by atoms with Gasteiger partial charge in [0, 0.05) is 26.4 Å². The molecule has 1 aliphatic heterocycles. The largest absolute Gasteiger partial charge is 0.378 e. The van der Waals surface area contributed by atoms with Crippen molar-refractivity contribution in [2.75, 3.05) is 25.1 Å². The zero-order valence-electron chi connectivity index (χ0n) is 7.97. The van der Waals surface area contributed by atoms with Gasteiger partial charge in [0.1, 0.15) is 11.9 Å². The first-order valence-corrected chi connectivity index (χ1v) is 4.47. The van der Waals surface area contributed by atoms with Crippen LogP contribution in [0.25, 0.3) is 0 Å². The van der Waals surface area contributed by atoms with E-state index in [-0.39, 0.29) is 0 Å². The lowest BCUT2D eigenvalue weighted by Gasteiger charge is -2.38. The average molecular weight is 189 g/mol. The van der Waals surface area contributed by atoms with Crippen LogP contribution in [-0.4, -0.2) is 31.3 Å². The minimum Gasteiger partial charge on any atom is -0.378 e. The van der Waals surface area contributed by atoms with E-state index in [9.17, 15) is 0 Å². The molecule has 1 aromatic rings. The van der Waals surface area contributed by atoms with Crippen LogP contribution >= 0.6 is 0 Å². The summed E-state index contributed by atoms with van der Waals surface area (Å²) < 4.78 is 5.16. The zero-order valence-corrected chi connectivity index (χ0v) is 7.97. The van der Waals surface area contributed by atoms with Crippen molar-refractivity contribution in [3.8, 4) is 6.07 Å². The number of nitriles is 1. The number of methoxy groups -OCH3 is 1. The van der Waals surface area contributed by atoms with Gasteiger partial charge in [0.05, 0.1) is 11.7 Å².